The third-order valence-corrected chi connectivity index (χ3v) is 7.54. The maximum absolute atomic E-state index is 14.2. The molecule has 0 fully saturated rings. The van der Waals surface area contributed by atoms with E-state index in [4.69, 9.17) is 14.2 Å². The molecule has 0 bridgehead atoms. The van der Waals surface area contributed by atoms with Gasteiger partial charge in [0.1, 0.15) is 0 Å². The summed E-state index contributed by atoms with van der Waals surface area (Å²) in [5.74, 6) is 0.284. The van der Waals surface area contributed by atoms with Crippen LogP contribution in [0.1, 0.15) is 43.2 Å². The van der Waals surface area contributed by atoms with E-state index in [1.807, 2.05) is 11.0 Å². The highest BCUT2D eigenvalue weighted by Crippen LogP contribution is 2.37. The van der Waals surface area contributed by atoms with Gasteiger partial charge in [-0.1, -0.05) is 18.2 Å². The summed E-state index contributed by atoms with van der Waals surface area (Å²) in [6.45, 7) is 0.956. The van der Waals surface area contributed by atoms with Gasteiger partial charge in [0, 0.05) is 56.0 Å². The van der Waals surface area contributed by atoms with Crippen molar-refractivity contribution in [3.05, 3.63) is 100 Å². The highest BCUT2D eigenvalue weighted by molar-refractivity contribution is 6.06. The molecule has 0 radical (unpaired) electrons. The van der Waals surface area contributed by atoms with E-state index in [1.54, 1.807) is 67.7 Å². The average Bonchev–Trinajstić information content (AvgIpc) is 3.64. The maximum Gasteiger partial charge on any atom is 0.435 e. The summed E-state index contributed by atoms with van der Waals surface area (Å²) in [5, 5.41) is 4.01. The molecule has 0 N–H and O–H groups in total. The summed E-state index contributed by atoms with van der Waals surface area (Å²) >= 11 is 0. The fourth-order valence-corrected chi connectivity index (χ4v) is 5.40. The van der Waals surface area contributed by atoms with Crippen LogP contribution in [0.25, 0.3) is 5.69 Å². The quantitative estimate of drug-likeness (QED) is 0.283. The van der Waals surface area contributed by atoms with Crippen LogP contribution in [0.2, 0.25) is 0 Å². The summed E-state index contributed by atoms with van der Waals surface area (Å²) in [5.41, 5.74) is 1.97. The summed E-state index contributed by atoms with van der Waals surface area (Å²) in [7, 11) is 2.90. The van der Waals surface area contributed by atoms with Crippen molar-refractivity contribution in [2.24, 2.45) is 0 Å². The number of anilines is 1. The molecule has 1 aromatic heterocycles. The van der Waals surface area contributed by atoms with Crippen molar-refractivity contribution in [3.8, 4) is 17.2 Å². The number of hydrogen-bond acceptors (Lipinski definition) is 7. The summed E-state index contributed by atoms with van der Waals surface area (Å²) in [6.07, 6.45) is -4.36. The van der Waals surface area contributed by atoms with Gasteiger partial charge < -0.3 is 19.1 Å². The lowest BCUT2D eigenvalue weighted by Gasteiger charge is -2.28. The molecule has 0 saturated heterocycles. The van der Waals surface area contributed by atoms with Crippen LogP contribution in [0.3, 0.4) is 0 Å². The van der Waals surface area contributed by atoms with Crippen LogP contribution in [0.4, 0.5) is 18.9 Å². The third-order valence-electron chi connectivity index (χ3n) is 7.54. The molecule has 12 heteroatoms. The second kappa shape index (κ2) is 11.1. The minimum absolute atomic E-state index is 0.0259. The van der Waals surface area contributed by atoms with Crippen molar-refractivity contribution in [2.45, 2.75) is 25.7 Å². The number of halogens is 3. The molecule has 6 rings (SSSR count). The van der Waals surface area contributed by atoms with E-state index in [2.05, 4.69) is 5.10 Å². The second-order valence-corrected chi connectivity index (χ2v) is 10.3. The molecule has 0 saturated carbocycles. The Morgan fingerprint density at radius 3 is 2.56 bits per heavy atom. The Hall–Kier alpha value is -4.84. The number of carbonyl (C=O) groups is 2. The van der Waals surface area contributed by atoms with Crippen LogP contribution < -0.4 is 14.4 Å². The van der Waals surface area contributed by atoms with Crippen LogP contribution in [0.5, 0.6) is 11.5 Å². The number of amides is 1. The van der Waals surface area contributed by atoms with Crippen LogP contribution >= 0.6 is 0 Å². The van der Waals surface area contributed by atoms with Crippen molar-refractivity contribution in [1.29, 1.82) is 0 Å². The molecule has 9 nitrogen and oxygen atoms in total. The SMILES string of the molecule is COC(=O)c1cccc(CN2CCc3c(c(C(F)(F)F)nn3-c3cccc(C(=O)N(C)c4ccc5c(c4)OCO5)c3)C2)c1. The molecule has 2 aliphatic heterocycles. The Balaban J connectivity index is 1.27. The maximum atomic E-state index is 14.2. The Morgan fingerprint density at radius 1 is 1.00 bits per heavy atom. The number of ether oxygens (including phenoxy) is 3. The van der Waals surface area contributed by atoms with E-state index in [-0.39, 0.29) is 24.8 Å². The van der Waals surface area contributed by atoms with E-state index in [0.29, 0.717) is 59.2 Å². The normalized spacial score (nSPS) is 14.3. The third kappa shape index (κ3) is 5.53. The number of carbonyl (C=O) groups excluding carboxylic acids is 2. The number of rotatable bonds is 6. The Kier molecular flexibility index (Phi) is 7.30. The van der Waals surface area contributed by atoms with Gasteiger partial charge in [-0.05, 0) is 48.0 Å². The van der Waals surface area contributed by atoms with Crippen molar-refractivity contribution in [1.82, 2.24) is 14.7 Å². The molecule has 0 aliphatic carbocycles. The van der Waals surface area contributed by atoms with Crippen LogP contribution in [0, 0.1) is 0 Å². The zero-order chi connectivity index (χ0) is 30.3. The summed E-state index contributed by atoms with van der Waals surface area (Å²) in [6, 6.07) is 18.4. The Morgan fingerprint density at radius 2 is 1.77 bits per heavy atom. The molecule has 1 amide bonds. The molecule has 0 atom stereocenters. The lowest BCUT2D eigenvalue weighted by Crippen LogP contribution is -2.31. The minimum Gasteiger partial charge on any atom is -0.465 e. The van der Waals surface area contributed by atoms with E-state index in [0.717, 1.165) is 5.56 Å². The fourth-order valence-electron chi connectivity index (χ4n) is 5.40. The average molecular weight is 593 g/mol. The summed E-state index contributed by atoms with van der Waals surface area (Å²) < 4.78 is 59.4. The number of fused-ring (bicyclic) bond motifs is 2. The lowest BCUT2D eigenvalue weighted by atomic mass is 10.0. The minimum atomic E-state index is -4.67. The van der Waals surface area contributed by atoms with Gasteiger partial charge in [0.2, 0.25) is 6.79 Å². The monoisotopic (exact) mass is 592 g/mol. The molecule has 43 heavy (non-hydrogen) atoms. The van der Waals surface area contributed by atoms with Crippen molar-refractivity contribution in [3.63, 3.8) is 0 Å². The van der Waals surface area contributed by atoms with E-state index in [1.165, 1.54) is 16.7 Å². The molecule has 3 heterocycles. The molecule has 4 aromatic rings. The van der Waals surface area contributed by atoms with Crippen molar-refractivity contribution < 1.29 is 37.0 Å². The van der Waals surface area contributed by atoms with Gasteiger partial charge in [-0.3, -0.25) is 9.69 Å². The predicted octanol–water partition coefficient (Wildman–Crippen LogP) is 5.24. The number of hydrogen-bond donors (Lipinski definition) is 0. The van der Waals surface area contributed by atoms with Crippen molar-refractivity contribution in [2.75, 3.05) is 32.4 Å². The summed E-state index contributed by atoms with van der Waals surface area (Å²) in [4.78, 5) is 28.6. The number of methoxy groups -OCH3 is 1. The molecule has 222 valence electrons. The van der Waals surface area contributed by atoms with Gasteiger partial charge in [-0.15, -0.1) is 0 Å². The number of alkyl halides is 3. The second-order valence-electron chi connectivity index (χ2n) is 10.3. The first kappa shape index (κ1) is 28.3. The van der Waals surface area contributed by atoms with Gasteiger partial charge in [0.25, 0.3) is 5.91 Å². The number of nitrogens with zero attached hydrogens (tertiary/aromatic N) is 4. The van der Waals surface area contributed by atoms with Crippen LogP contribution in [0.15, 0.2) is 66.7 Å². The Bertz CT molecular complexity index is 1720. The first-order chi connectivity index (χ1) is 20.6. The molecular formula is C31H27F3N4O5. The first-order valence-corrected chi connectivity index (χ1v) is 13.5. The topological polar surface area (TPSA) is 86.1 Å². The fraction of sp³-hybridized carbons (Fsp3) is 0.258. The van der Waals surface area contributed by atoms with Gasteiger partial charge in [-0.25, -0.2) is 9.48 Å². The van der Waals surface area contributed by atoms with E-state index < -0.39 is 17.8 Å². The standard InChI is InChI=1S/C31H27F3N4O5/c1-36(22-9-10-26-27(15-22)43-18-42-26)29(39)20-6-4-8-23(14-20)38-25-11-12-37(17-24(25)28(35-38)31(32,33)34)16-19-5-3-7-21(13-19)30(40)41-2/h3-10,13-15H,11-12,16-18H2,1-2H3. The molecule has 0 unspecified atom stereocenters. The number of benzene rings is 3. The number of esters is 1. The van der Waals surface area contributed by atoms with Gasteiger partial charge >= 0.3 is 12.1 Å². The Labute approximate surface area is 245 Å². The van der Waals surface area contributed by atoms with Gasteiger partial charge in [0.05, 0.1) is 24.1 Å². The lowest BCUT2D eigenvalue weighted by molar-refractivity contribution is -0.142. The zero-order valence-electron chi connectivity index (χ0n) is 23.4. The highest BCUT2D eigenvalue weighted by Gasteiger charge is 2.41. The van der Waals surface area contributed by atoms with E-state index in [9.17, 15) is 22.8 Å². The molecule has 3 aromatic carbocycles. The van der Waals surface area contributed by atoms with Gasteiger partial charge in [0.15, 0.2) is 17.2 Å². The largest absolute Gasteiger partial charge is 0.465 e. The van der Waals surface area contributed by atoms with Crippen LogP contribution in [-0.2, 0) is 30.4 Å². The predicted molar refractivity (Wildman–Crippen MR) is 149 cm³/mol. The van der Waals surface area contributed by atoms with Crippen LogP contribution in [-0.4, -0.2) is 54.1 Å². The van der Waals surface area contributed by atoms with Crippen molar-refractivity contribution >= 4 is 17.6 Å². The molecular weight excluding hydrogens is 565 g/mol. The zero-order valence-corrected chi connectivity index (χ0v) is 23.4. The van der Waals surface area contributed by atoms with E-state index >= 15 is 0 Å². The first-order valence-electron chi connectivity index (χ1n) is 13.5. The molecule has 0 spiro atoms. The highest BCUT2D eigenvalue weighted by atomic mass is 19.4. The smallest absolute Gasteiger partial charge is 0.435 e. The number of aromatic nitrogens is 2. The molecule has 2 aliphatic rings. The van der Waals surface area contributed by atoms with Gasteiger partial charge in [-0.2, -0.15) is 18.3 Å².